The van der Waals surface area contributed by atoms with Crippen molar-refractivity contribution in [3.63, 3.8) is 0 Å². The summed E-state index contributed by atoms with van der Waals surface area (Å²) in [6.45, 7) is 4.02. The van der Waals surface area contributed by atoms with Gasteiger partial charge in [-0.05, 0) is 13.8 Å². The maximum atomic E-state index is 11.3. The summed E-state index contributed by atoms with van der Waals surface area (Å²) in [7, 11) is 5.48. The average molecular weight is 157 g/mol. The average Bonchev–Trinajstić information content (AvgIpc) is 2.06. The molecule has 1 saturated heterocycles. The first-order valence-corrected chi connectivity index (χ1v) is 3.64. The third-order valence-electron chi connectivity index (χ3n) is 2.63. The third-order valence-corrected chi connectivity index (χ3v) is 2.63. The Hall–Kier alpha value is -0.770. The van der Waals surface area contributed by atoms with Gasteiger partial charge in [0.15, 0.2) is 0 Å². The molecule has 1 aliphatic rings. The second-order valence-electron chi connectivity index (χ2n) is 3.38. The minimum atomic E-state index is -0.203. The maximum absolute atomic E-state index is 11.3. The third kappa shape index (κ3) is 0.894. The molecule has 0 radical (unpaired) electrons. The number of urea groups is 1. The SMILES string of the molecule is CN1C(=O)N(C)C(C)(C)N1C. The van der Waals surface area contributed by atoms with E-state index in [9.17, 15) is 4.79 Å². The van der Waals surface area contributed by atoms with Gasteiger partial charge in [-0.3, -0.25) is 5.01 Å². The minimum Gasteiger partial charge on any atom is -0.307 e. The maximum Gasteiger partial charge on any atom is 0.335 e. The van der Waals surface area contributed by atoms with Crippen LogP contribution in [0.5, 0.6) is 0 Å². The van der Waals surface area contributed by atoms with E-state index in [0.29, 0.717) is 0 Å². The summed E-state index contributed by atoms with van der Waals surface area (Å²) >= 11 is 0. The van der Waals surface area contributed by atoms with Crippen molar-refractivity contribution in [3.05, 3.63) is 0 Å². The standard InChI is InChI=1S/C7H15N3O/c1-7(2)8(3)6(11)9(4)10(7)5/h1-5H3. The Morgan fingerprint density at radius 2 is 1.64 bits per heavy atom. The van der Waals surface area contributed by atoms with Crippen LogP contribution in [0.1, 0.15) is 13.8 Å². The molecule has 1 aliphatic heterocycles. The van der Waals surface area contributed by atoms with Gasteiger partial charge in [0.1, 0.15) is 5.66 Å². The van der Waals surface area contributed by atoms with E-state index < -0.39 is 0 Å². The predicted octanol–water partition coefficient (Wildman–Crippen LogP) is 0.567. The lowest BCUT2D eigenvalue weighted by molar-refractivity contribution is -0.00193. The molecule has 4 heteroatoms. The highest BCUT2D eigenvalue weighted by atomic mass is 16.2. The van der Waals surface area contributed by atoms with E-state index in [1.54, 1.807) is 17.0 Å². The quantitative estimate of drug-likeness (QED) is 0.514. The lowest BCUT2D eigenvalue weighted by Crippen LogP contribution is -2.46. The van der Waals surface area contributed by atoms with Crippen LogP contribution in [0.3, 0.4) is 0 Å². The molecular formula is C7H15N3O. The van der Waals surface area contributed by atoms with Gasteiger partial charge in [0.05, 0.1) is 0 Å². The van der Waals surface area contributed by atoms with Crippen molar-refractivity contribution in [1.82, 2.24) is 14.9 Å². The normalized spacial score (nSPS) is 25.0. The van der Waals surface area contributed by atoms with E-state index in [4.69, 9.17) is 0 Å². The van der Waals surface area contributed by atoms with Crippen LogP contribution < -0.4 is 0 Å². The molecule has 0 aromatic carbocycles. The molecule has 0 atom stereocenters. The number of carbonyl (C=O) groups is 1. The Kier molecular flexibility index (Phi) is 1.59. The Morgan fingerprint density at radius 1 is 1.18 bits per heavy atom. The monoisotopic (exact) mass is 157 g/mol. The van der Waals surface area contributed by atoms with Gasteiger partial charge in [0.2, 0.25) is 0 Å². The van der Waals surface area contributed by atoms with Crippen molar-refractivity contribution in [2.24, 2.45) is 0 Å². The van der Waals surface area contributed by atoms with E-state index >= 15 is 0 Å². The Bertz CT molecular complexity index is 190. The van der Waals surface area contributed by atoms with E-state index in [2.05, 4.69) is 0 Å². The van der Waals surface area contributed by atoms with Crippen LogP contribution >= 0.6 is 0 Å². The molecule has 0 N–H and O–H groups in total. The van der Waals surface area contributed by atoms with Crippen molar-refractivity contribution in [1.29, 1.82) is 0 Å². The molecule has 2 amide bonds. The van der Waals surface area contributed by atoms with Crippen molar-refractivity contribution in [2.75, 3.05) is 21.1 Å². The van der Waals surface area contributed by atoms with Gasteiger partial charge in [0.25, 0.3) is 0 Å². The minimum absolute atomic E-state index is 0.0394. The van der Waals surface area contributed by atoms with Crippen LogP contribution in [0.2, 0.25) is 0 Å². The van der Waals surface area contributed by atoms with Crippen LogP contribution in [0.15, 0.2) is 0 Å². The second-order valence-corrected chi connectivity index (χ2v) is 3.38. The highest BCUT2D eigenvalue weighted by Gasteiger charge is 2.43. The van der Waals surface area contributed by atoms with Gasteiger partial charge in [-0.15, -0.1) is 0 Å². The molecule has 0 saturated carbocycles. The summed E-state index contributed by atoms with van der Waals surface area (Å²) in [5.74, 6) is 0. The lowest BCUT2D eigenvalue weighted by atomic mass is 10.2. The number of hydrogen-bond acceptors (Lipinski definition) is 2. The number of hydrogen-bond donors (Lipinski definition) is 0. The van der Waals surface area contributed by atoms with Crippen molar-refractivity contribution in [2.45, 2.75) is 19.5 Å². The molecule has 0 bridgehead atoms. The van der Waals surface area contributed by atoms with Gasteiger partial charge in [-0.2, -0.15) is 5.01 Å². The number of carbonyl (C=O) groups excluding carboxylic acids is 1. The van der Waals surface area contributed by atoms with Gasteiger partial charge < -0.3 is 4.90 Å². The molecule has 11 heavy (non-hydrogen) atoms. The van der Waals surface area contributed by atoms with Crippen molar-refractivity contribution in [3.8, 4) is 0 Å². The van der Waals surface area contributed by atoms with E-state index in [0.717, 1.165) is 0 Å². The molecule has 0 spiro atoms. The van der Waals surface area contributed by atoms with Crippen LogP contribution in [0.4, 0.5) is 4.79 Å². The number of amides is 2. The molecule has 0 aromatic rings. The summed E-state index contributed by atoms with van der Waals surface area (Å²) < 4.78 is 0. The molecule has 4 nitrogen and oxygen atoms in total. The Morgan fingerprint density at radius 3 is 1.73 bits per heavy atom. The zero-order valence-electron chi connectivity index (χ0n) is 7.75. The molecule has 64 valence electrons. The van der Waals surface area contributed by atoms with Gasteiger partial charge in [-0.25, -0.2) is 4.79 Å². The van der Waals surface area contributed by atoms with Gasteiger partial charge in [0, 0.05) is 21.1 Å². The number of hydrazine groups is 1. The fraction of sp³-hybridized carbons (Fsp3) is 0.857. The molecular weight excluding hydrogens is 142 g/mol. The summed E-state index contributed by atoms with van der Waals surface area (Å²) in [6, 6.07) is 0.0394. The van der Waals surface area contributed by atoms with Crippen LogP contribution in [0, 0.1) is 0 Å². The van der Waals surface area contributed by atoms with Crippen LogP contribution in [-0.2, 0) is 0 Å². The fourth-order valence-corrected chi connectivity index (χ4v) is 1.16. The van der Waals surface area contributed by atoms with Crippen molar-refractivity contribution < 1.29 is 4.79 Å². The molecule has 0 unspecified atom stereocenters. The van der Waals surface area contributed by atoms with E-state index in [-0.39, 0.29) is 11.7 Å². The molecule has 1 fully saturated rings. The molecule has 1 rings (SSSR count). The van der Waals surface area contributed by atoms with E-state index in [1.165, 1.54) is 0 Å². The van der Waals surface area contributed by atoms with E-state index in [1.807, 2.05) is 33.0 Å². The number of rotatable bonds is 0. The molecule has 0 aliphatic carbocycles. The first-order chi connectivity index (χ1) is 4.89. The highest BCUT2D eigenvalue weighted by molar-refractivity contribution is 5.76. The smallest absolute Gasteiger partial charge is 0.307 e. The first-order valence-electron chi connectivity index (χ1n) is 3.64. The predicted molar refractivity (Wildman–Crippen MR) is 42.8 cm³/mol. The fourth-order valence-electron chi connectivity index (χ4n) is 1.16. The van der Waals surface area contributed by atoms with Gasteiger partial charge in [-0.1, -0.05) is 0 Å². The lowest BCUT2D eigenvalue weighted by Gasteiger charge is -2.32. The summed E-state index contributed by atoms with van der Waals surface area (Å²) in [6.07, 6.45) is 0. The van der Waals surface area contributed by atoms with Crippen LogP contribution in [0.25, 0.3) is 0 Å². The Balaban J connectivity index is 2.96. The largest absolute Gasteiger partial charge is 0.335 e. The van der Waals surface area contributed by atoms with Crippen molar-refractivity contribution >= 4 is 6.03 Å². The molecule has 0 aromatic heterocycles. The van der Waals surface area contributed by atoms with Crippen LogP contribution in [-0.4, -0.2) is 47.8 Å². The topological polar surface area (TPSA) is 26.8 Å². The molecule has 1 heterocycles. The highest BCUT2D eigenvalue weighted by Crippen LogP contribution is 2.26. The second kappa shape index (κ2) is 2.11. The number of nitrogens with zero attached hydrogens (tertiary/aromatic N) is 3. The zero-order valence-corrected chi connectivity index (χ0v) is 7.75. The zero-order chi connectivity index (χ0) is 8.81. The summed E-state index contributed by atoms with van der Waals surface area (Å²) in [5.41, 5.74) is -0.203. The Labute approximate surface area is 67.3 Å². The first kappa shape index (κ1) is 8.33. The summed E-state index contributed by atoms with van der Waals surface area (Å²) in [5, 5.41) is 3.52. The van der Waals surface area contributed by atoms with Gasteiger partial charge >= 0.3 is 6.03 Å². The summed E-state index contributed by atoms with van der Waals surface area (Å²) in [4.78, 5) is 13.1.